The number of amides is 1. The van der Waals surface area contributed by atoms with E-state index in [1.54, 1.807) is 0 Å². The van der Waals surface area contributed by atoms with Crippen molar-refractivity contribution in [3.63, 3.8) is 0 Å². The molecule has 0 saturated carbocycles. The third-order valence-electron chi connectivity index (χ3n) is 5.54. The Morgan fingerprint density at radius 1 is 1.03 bits per heavy atom. The number of benzene rings is 2. The van der Waals surface area contributed by atoms with Crippen LogP contribution < -0.4 is 5.32 Å². The fourth-order valence-electron chi connectivity index (χ4n) is 3.55. The van der Waals surface area contributed by atoms with E-state index < -0.39 is 0 Å². The molecule has 0 unspecified atom stereocenters. The van der Waals surface area contributed by atoms with Gasteiger partial charge in [0, 0.05) is 23.2 Å². The molecule has 1 N–H and O–H groups in total. The normalized spacial score (nSPS) is 15.7. The third kappa shape index (κ3) is 5.19. The molecule has 1 aromatic heterocycles. The summed E-state index contributed by atoms with van der Waals surface area (Å²) in [4.78, 5) is 22.6. The van der Waals surface area contributed by atoms with Crippen LogP contribution in [0.15, 0.2) is 53.6 Å². The minimum atomic E-state index is -0.323. The topological polar surface area (TPSA) is 64.1 Å². The quantitative estimate of drug-likeness (QED) is 0.400. The lowest BCUT2D eigenvalue weighted by atomic mass is 9.96. The van der Waals surface area contributed by atoms with Gasteiger partial charge in [-0.2, -0.15) is 0 Å². The number of carbonyl (C=O) groups is 1. The van der Waals surface area contributed by atoms with Crippen molar-refractivity contribution in [1.82, 2.24) is 9.97 Å². The number of nitrogens with one attached hydrogen (secondary N) is 1. The predicted molar refractivity (Wildman–Crippen MR) is 130 cm³/mol. The first kappa shape index (κ1) is 22.5. The highest BCUT2D eigenvalue weighted by molar-refractivity contribution is 8.00. The van der Waals surface area contributed by atoms with E-state index in [1.165, 1.54) is 17.3 Å². The maximum Gasteiger partial charge on any atom is 0.237 e. The number of thioether (sulfide) groups is 1. The van der Waals surface area contributed by atoms with Crippen LogP contribution in [0.25, 0.3) is 11.4 Å². The van der Waals surface area contributed by atoms with E-state index in [-0.39, 0.29) is 16.8 Å². The van der Waals surface area contributed by atoms with Crippen molar-refractivity contribution in [2.24, 2.45) is 0 Å². The Bertz CT molecular complexity index is 1130. The van der Waals surface area contributed by atoms with Gasteiger partial charge < -0.3 is 10.1 Å². The summed E-state index contributed by atoms with van der Waals surface area (Å²) in [6, 6.07) is 16.0. The fourth-order valence-corrected chi connectivity index (χ4v) is 4.51. The molecule has 1 atom stereocenters. The van der Waals surface area contributed by atoms with Gasteiger partial charge in [-0.3, -0.25) is 4.79 Å². The number of fused-ring (bicyclic) bond motifs is 1. The van der Waals surface area contributed by atoms with Crippen LogP contribution >= 0.6 is 11.8 Å². The van der Waals surface area contributed by atoms with Crippen LogP contribution in [0.1, 0.15) is 43.2 Å². The van der Waals surface area contributed by atoms with E-state index >= 15 is 0 Å². The zero-order valence-corrected chi connectivity index (χ0v) is 20.0. The van der Waals surface area contributed by atoms with E-state index in [1.807, 2.05) is 50.2 Å². The molecule has 1 amide bonds. The number of aromatic nitrogens is 2. The number of carbonyl (C=O) groups excluding carboxylic acids is 1. The van der Waals surface area contributed by atoms with Gasteiger partial charge in [-0.15, -0.1) is 0 Å². The Labute approximate surface area is 194 Å². The number of ether oxygens (including phenoxy) is 1. The van der Waals surface area contributed by atoms with Crippen LogP contribution in [-0.2, 0) is 22.6 Å². The molecule has 1 aliphatic rings. The molecular formula is C26H29N3O2S. The van der Waals surface area contributed by atoms with Crippen molar-refractivity contribution in [1.29, 1.82) is 0 Å². The van der Waals surface area contributed by atoms with E-state index in [4.69, 9.17) is 14.7 Å². The van der Waals surface area contributed by atoms with E-state index in [0.29, 0.717) is 18.9 Å². The maximum absolute atomic E-state index is 12.9. The van der Waals surface area contributed by atoms with Crippen LogP contribution in [0, 0.1) is 13.8 Å². The smallest absolute Gasteiger partial charge is 0.237 e. The van der Waals surface area contributed by atoms with Crippen molar-refractivity contribution < 1.29 is 9.53 Å². The highest BCUT2D eigenvalue weighted by Gasteiger charge is 2.31. The zero-order valence-electron chi connectivity index (χ0n) is 19.2. The Balaban J connectivity index is 1.62. The molecule has 0 fully saturated rings. The van der Waals surface area contributed by atoms with E-state index in [9.17, 15) is 4.79 Å². The Kier molecular flexibility index (Phi) is 6.35. The molecule has 6 heteroatoms. The van der Waals surface area contributed by atoms with Crippen LogP contribution in [-0.4, -0.2) is 26.7 Å². The minimum absolute atomic E-state index is 0.0554. The van der Waals surface area contributed by atoms with Gasteiger partial charge in [0.2, 0.25) is 5.91 Å². The maximum atomic E-state index is 12.9. The summed E-state index contributed by atoms with van der Waals surface area (Å²) in [6.07, 6.45) is 0.710. The zero-order chi connectivity index (χ0) is 22.9. The molecule has 0 saturated heterocycles. The standard InChI is InChI=1S/C26H29N3O2S/c1-16-6-10-19(11-7-16)23-28-22-14-26(4,5)31-15-21(22)25(29-23)32-18(3)24(30)27-20-12-8-17(2)9-13-20/h6-13,18H,14-15H2,1-5H3,(H,27,30)/t18-/m0/s1. The molecule has 2 aromatic carbocycles. The monoisotopic (exact) mass is 447 g/mol. The number of rotatable bonds is 5. The van der Waals surface area contributed by atoms with Gasteiger partial charge in [-0.25, -0.2) is 9.97 Å². The number of aryl methyl sites for hydroxylation is 2. The van der Waals surface area contributed by atoms with E-state index in [2.05, 4.69) is 38.2 Å². The number of anilines is 1. The molecule has 166 valence electrons. The second-order valence-electron chi connectivity index (χ2n) is 8.98. The summed E-state index contributed by atoms with van der Waals surface area (Å²) in [5.41, 5.74) is 5.83. The minimum Gasteiger partial charge on any atom is -0.370 e. The van der Waals surface area contributed by atoms with Crippen molar-refractivity contribution in [3.05, 3.63) is 70.9 Å². The van der Waals surface area contributed by atoms with Gasteiger partial charge in [0.15, 0.2) is 5.82 Å². The van der Waals surface area contributed by atoms with Gasteiger partial charge >= 0.3 is 0 Å². The SMILES string of the molecule is Cc1ccc(NC(=O)[C@H](C)Sc2nc(-c3ccc(C)cc3)nc3c2COC(C)(C)C3)cc1. The average Bonchev–Trinajstić information content (AvgIpc) is 2.74. The molecule has 2 heterocycles. The van der Waals surface area contributed by atoms with Gasteiger partial charge in [0.25, 0.3) is 0 Å². The average molecular weight is 448 g/mol. The number of hydrogen-bond acceptors (Lipinski definition) is 5. The van der Waals surface area contributed by atoms with Crippen LogP contribution in [0.4, 0.5) is 5.69 Å². The van der Waals surface area contributed by atoms with Crippen LogP contribution in [0.3, 0.4) is 0 Å². The first-order chi connectivity index (χ1) is 15.2. The molecule has 5 nitrogen and oxygen atoms in total. The second-order valence-corrected chi connectivity index (χ2v) is 10.3. The second kappa shape index (κ2) is 9.04. The summed E-state index contributed by atoms with van der Waals surface area (Å²) < 4.78 is 6.05. The molecule has 0 spiro atoms. The highest BCUT2D eigenvalue weighted by Crippen LogP contribution is 2.35. The summed E-state index contributed by atoms with van der Waals surface area (Å²) in [6.45, 7) is 10.6. The van der Waals surface area contributed by atoms with Crippen LogP contribution in [0.5, 0.6) is 0 Å². The summed E-state index contributed by atoms with van der Waals surface area (Å²) in [5.74, 6) is 0.634. The molecule has 0 aliphatic carbocycles. The Hall–Kier alpha value is -2.70. The first-order valence-electron chi connectivity index (χ1n) is 10.9. The Morgan fingerprint density at radius 3 is 2.31 bits per heavy atom. The fraction of sp³-hybridized carbons (Fsp3) is 0.346. The molecule has 0 radical (unpaired) electrons. The largest absolute Gasteiger partial charge is 0.370 e. The number of nitrogens with zero attached hydrogens (tertiary/aromatic N) is 2. The van der Waals surface area contributed by atoms with E-state index in [0.717, 1.165) is 33.1 Å². The van der Waals surface area contributed by atoms with Crippen molar-refractivity contribution in [2.45, 2.75) is 63.5 Å². The summed E-state index contributed by atoms with van der Waals surface area (Å²) in [5, 5.41) is 3.49. The molecule has 0 bridgehead atoms. The van der Waals surface area contributed by atoms with Crippen molar-refractivity contribution in [2.75, 3.05) is 5.32 Å². The van der Waals surface area contributed by atoms with Gasteiger partial charge in [-0.05, 0) is 46.8 Å². The van der Waals surface area contributed by atoms with Gasteiger partial charge in [0.1, 0.15) is 5.03 Å². The lowest BCUT2D eigenvalue weighted by Gasteiger charge is -2.32. The number of hydrogen-bond donors (Lipinski definition) is 1. The molecular weight excluding hydrogens is 418 g/mol. The highest BCUT2D eigenvalue weighted by atomic mass is 32.2. The summed E-state index contributed by atoms with van der Waals surface area (Å²) in [7, 11) is 0. The van der Waals surface area contributed by atoms with Crippen LogP contribution in [0.2, 0.25) is 0 Å². The Morgan fingerprint density at radius 2 is 1.66 bits per heavy atom. The van der Waals surface area contributed by atoms with Gasteiger partial charge in [0.05, 0.1) is 23.2 Å². The molecule has 1 aliphatic heterocycles. The summed E-state index contributed by atoms with van der Waals surface area (Å²) >= 11 is 1.46. The van der Waals surface area contributed by atoms with Crippen molar-refractivity contribution in [3.8, 4) is 11.4 Å². The lowest BCUT2D eigenvalue weighted by Crippen LogP contribution is -2.33. The van der Waals surface area contributed by atoms with Crippen molar-refractivity contribution >= 4 is 23.4 Å². The first-order valence-corrected chi connectivity index (χ1v) is 11.7. The van der Waals surface area contributed by atoms with Gasteiger partial charge in [-0.1, -0.05) is 59.3 Å². The predicted octanol–water partition coefficient (Wildman–Crippen LogP) is 5.73. The lowest BCUT2D eigenvalue weighted by molar-refractivity contribution is -0.115. The third-order valence-corrected chi connectivity index (χ3v) is 6.67. The molecule has 32 heavy (non-hydrogen) atoms. The molecule has 4 rings (SSSR count). The molecule has 3 aromatic rings.